The fraction of sp³-hybridized carbons (Fsp3) is 0.250. The molecule has 2 N–H and O–H groups in total. The number of halogens is 1. The van der Waals surface area contributed by atoms with Crippen LogP contribution >= 0.6 is 0 Å². The van der Waals surface area contributed by atoms with Crippen LogP contribution in [0.3, 0.4) is 0 Å². The third-order valence-electron chi connectivity index (χ3n) is 5.12. The van der Waals surface area contributed by atoms with E-state index in [9.17, 15) is 9.18 Å². The lowest BCUT2D eigenvalue weighted by atomic mass is 9.91. The maximum absolute atomic E-state index is 13.4. The van der Waals surface area contributed by atoms with Gasteiger partial charge in [0.1, 0.15) is 5.82 Å². The van der Waals surface area contributed by atoms with E-state index < -0.39 is 0 Å². The molecule has 2 heterocycles. The Bertz CT molecular complexity index is 1030. The Morgan fingerprint density at radius 3 is 2.96 bits per heavy atom. The van der Waals surface area contributed by atoms with Gasteiger partial charge in [0.15, 0.2) is 11.5 Å². The molecule has 0 saturated carbocycles. The van der Waals surface area contributed by atoms with Crippen LogP contribution in [-0.4, -0.2) is 23.7 Å². The zero-order valence-electron chi connectivity index (χ0n) is 14.0. The molecule has 5 nitrogen and oxygen atoms in total. The van der Waals surface area contributed by atoms with Crippen LogP contribution in [0.1, 0.15) is 28.0 Å². The number of hydrogen-bond donors (Lipinski definition) is 2. The molecule has 6 heteroatoms. The van der Waals surface area contributed by atoms with E-state index in [1.54, 1.807) is 18.2 Å². The van der Waals surface area contributed by atoms with Crippen molar-refractivity contribution in [3.05, 3.63) is 59.0 Å². The number of fused-ring (bicyclic) bond motifs is 4. The predicted molar refractivity (Wildman–Crippen MR) is 94.1 cm³/mol. The molecule has 0 bridgehead atoms. The topological polar surface area (TPSA) is 63.4 Å². The number of carbonyl (C=O) groups excluding carboxylic acids is 1. The molecule has 0 saturated heterocycles. The maximum Gasteiger partial charge on any atom is 0.251 e. The van der Waals surface area contributed by atoms with Crippen molar-refractivity contribution < 1.29 is 18.7 Å². The SMILES string of the molecule is O=C(NC1CCc2[nH]c3cc(F)ccc3c2C1)c1ccc2c(c1)OCO2. The summed E-state index contributed by atoms with van der Waals surface area (Å²) in [7, 11) is 0. The predicted octanol–water partition coefficient (Wildman–Crippen LogP) is 3.32. The Hall–Kier alpha value is -3.02. The fourth-order valence-corrected chi connectivity index (χ4v) is 3.83. The van der Waals surface area contributed by atoms with Crippen molar-refractivity contribution in [3.63, 3.8) is 0 Å². The second-order valence-corrected chi connectivity index (χ2v) is 6.75. The summed E-state index contributed by atoms with van der Waals surface area (Å²) < 4.78 is 24.1. The third kappa shape index (κ3) is 2.49. The first kappa shape index (κ1) is 15.3. The fourth-order valence-electron chi connectivity index (χ4n) is 3.83. The number of ether oxygens (including phenoxy) is 2. The summed E-state index contributed by atoms with van der Waals surface area (Å²) >= 11 is 0. The van der Waals surface area contributed by atoms with E-state index in [0.29, 0.717) is 17.1 Å². The van der Waals surface area contributed by atoms with E-state index in [4.69, 9.17) is 9.47 Å². The van der Waals surface area contributed by atoms with Crippen molar-refractivity contribution in [3.8, 4) is 11.5 Å². The zero-order chi connectivity index (χ0) is 17.7. The molecule has 2 aromatic carbocycles. The van der Waals surface area contributed by atoms with Gasteiger partial charge in [0.05, 0.1) is 0 Å². The highest BCUT2D eigenvalue weighted by Crippen LogP contribution is 2.33. The first-order valence-electron chi connectivity index (χ1n) is 8.67. The zero-order valence-corrected chi connectivity index (χ0v) is 14.0. The molecule has 1 amide bonds. The molecule has 1 unspecified atom stereocenters. The van der Waals surface area contributed by atoms with E-state index in [1.807, 2.05) is 6.07 Å². The molecule has 3 aromatic rings. The number of rotatable bonds is 2. The number of aromatic nitrogens is 1. The van der Waals surface area contributed by atoms with Crippen molar-refractivity contribution in [1.82, 2.24) is 10.3 Å². The van der Waals surface area contributed by atoms with Gasteiger partial charge in [0, 0.05) is 28.2 Å². The summed E-state index contributed by atoms with van der Waals surface area (Å²) in [6, 6.07) is 10.1. The smallest absolute Gasteiger partial charge is 0.251 e. The molecule has 1 atom stereocenters. The third-order valence-corrected chi connectivity index (χ3v) is 5.12. The van der Waals surface area contributed by atoms with Crippen LogP contribution in [0.2, 0.25) is 0 Å². The maximum atomic E-state index is 13.4. The minimum absolute atomic E-state index is 0.0458. The van der Waals surface area contributed by atoms with Gasteiger partial charge in [-0.05, 0) is 61.2 Å². The first-order valence-corrected chi connectivity index (χ1v) is 8.67. The number of benzene rings is 2. The highest BCUT2D eigenvalue weighted by molar-refractivity contribution is 5.95. The number of nitrogens with one attached hydrogen (secondary N) is 2. The van der Waals surface area contributed by atoms with Gasteiger partial charge in [-0.1, -0.05) is 0 Å². The van der Waals surface area contributed by atoms with E-state index in [0.717, 1.165) is 35.9 Å². The summed E-state index contributed by atoms with van der Waals surface area (Å²) in [6.45, 7) is 0.187. The summed E-state index contributed by atoms with van der Waals surface area (Å²) in [5.74, 6) is 0.892. The average Bonchev–Trinajstić information content (AvgIpc) is 3.24. The van der Waals surface area contributed by atoms with Crippen molar-refractivity contribution in [2.45, 2.75) is 25.3 Å². The van der Waals surface area contributed by atoms with Crippen LogP contribution < -0.4 is 14.8 Å². The van der Waals surface area contributed by atoms with E-state index in [2.05, 4.69) is 10.3 Å². The normalized spacial score (nSPS) is 18.0. The van der Waals surface area contributed by atoms with Crippen molar-refractivity contribution in [1.29, 1.82) is 0 Å². The molecule has 1 aliphatic carbocycles. The molecule has 2 aliphatic rings. The highest BCUT2D eigenvalue weighted by Gasteiger charge is 2.25. The lowest BCUT2D eigenvalue weighted by molar-refractivity contribution is 0.0933. The Labute approximate surface area is 149 Å². The lowest BCUT2D eigenvalue weighted by Crippen LogP contribution is -2.38. The molecule has 1 aromatic heterocycles. The molecule has 0 spiro atoms. The van der Waals surface area contributed by atoms with Crippen LogP contribution in [0.25, 0.3) is 10.9 Å². The van der Waals surface area contributed by atoms with Crippen molar-refractivity contribution in [2.75, 3.05) is 6.79 Å². The Balaban J connectivity index is 1.36. The highest BCUT2D eigenvalue weighted by atomic mass is 19.1. The number of hydrogen-bond acceptors (Lipinski definition) is 3. The number of carbonyl (C=O) groups is 1. The average molecular weight is 352 g/mol. The van der Waals surface area contributed by atoms with Crippen LogP contribution in [0.4, 0.5) is 4.39 Å². The Morgan fingerprint density at radius 2 is 2.04 bits per heavy atom. The van der Waals surface area contributed by atoms with Gasteiger partial charge < -0.3 is 19.8 Å². The molecular weight excluding hydrogens is 335 g/mol. The summed E-state index contributed by atoms with van der Waals surface area (Å²) in [5.41, 5.74) is 3.68. The molecule has 26 heavy (non-hydrogen) atoms. The molecule has 132 valence electrons. The quantitative estimate of drug-likeness (QED) is 0.744. The molecule has 5 rings (SSSR count). The van der Waals surface area contributed by atoms with Gasteiger partial charge in [-0.2, -0.15) is 0 Å². The van der Waals surface area contributed by atoms with Crippen LogP contribution in [-0.2, 0) is 12.8 Å². The lowest BCUT2D eigenvalue weighted by Gasteiger charge is -2.23. The second kappa shape index (κ2) is 5.76. The monoisotopic (exact) mass is 352 g/mol. The second-order valence-electron chi connectivity index (χ2n) is 6.75. The van der Waals surface area contributed by atoms with Gasteiger partial charge in [-0.25, -0.2) is 4.39 Å². The van der Waals surface area contributed by atoms with Gasteiger partial charge in [0.25, 0.3) is 5.91 Å². The van der Waals surface area contributed by atoms with E-state index in [-0.39, 0.29) is 24.6 Å². The molecule has 1 aliphatic heterocycles. The number of aryl methyl sites for hydroxylation is 1. The minimum Gasteiger partial charge on any atom is -0.454 e. The Kier molecular flexibility index (Phi) is 3.38. The summed E-state index contributed by atoms with van der Waals surface area (Å²) in [5, 5.41) is 4.14. The molecule has 0 fully saturated rings. The van der Waals surface area contributed by atoms with E-state index in [1.165, 1.54) is 17.7 Å². The van der Waals surface area contributed by atoms with Crippen LogP contribution in [0, 0.1) is 5.82 Å². The number of H-pyrrole nitrogens is 1. The number of amides is 1. The first-order chi connectivity index (χ1) is 12.7. The standard InChI is InChI=1S/C20H17FN2O3/c21-12-2-4-14-15-9-13(3-5-16(15)23-17(14)8-12)22-20(24)11-1-6-18-19(7-11)26-10-25-18/h1-2,4,6-8,13,23H,3,5,9-10H2,(H,22,24). The van der Waals surface area contributed by atoms with E-state index >= 15 is 0 Å². The largest absolute Gasteiger partial charge is 0.454 e. The van der Waals surface area contributed by atoms with Gasteiger partial charge >= 0.3 is 0 Å². The van der Waals surface area contributed by atoms with Crippen LogP contribution in [0.5, 0.6) is 11.5 Å². The van der Waals surface area contributed by atoms with Crippen molar-refractivity contribution >= 4 is 16.8 Å². The van der Waals surface area contributed by atoms with Gasteiger partial charge in [-0.15, -0.1) is 0 Å². The van der Waals surface area contributed by atoms with Gasteiger partial charge in [-0.3, -0.25) is 4.79 Å². The van der Waals surface area contributed by atoms with Crippen molar-refractivity contribution in [2.24, 2.45) is 0 Å². The summed E-state index contributed by atoms with van der Waals surface area (Å²) in [6.07, 6.45) is 2.41. The molecular formula is C20H17FN2O3. The van der Waals surface area contributed by atoms with Crippen LogP contribution in [0.15, 0.2) is 36.4 Å². The Morgan fingerprint density at radius 1 is 1.15 bits per heavy atom. The summed E-state index contributed by atoms with van der Waals surface area (Å²) in [4.78, 5) is 15.9. The van der Waals surface area contributed by atoms with Gasteiger partial charge in [0.2, 0.25) is 6.79 Å². The number of aromatic amines is 1. The minimum atomic E-state index is -0.247. The molecule has 0 radical (unpaired) electrons.